The Bertz CT molecular complexity index is 594. The van der Waals surface area contributed by atoms with Gasteiger partial charge in [-0.2, -0.15) is 0 Å². The molecule has 2 rings (SSSR count). The number of hydrogen-bond acceptors (Lipinski definition) is 2. The molecule has 0 saturated carbocycles. The molecule has 0 heterocycles. The predicted molar refractivity (Wildman–Crippen MR) is 81.2 cm³/mol. The summed E-state index contributed by atoms with van der Waals surface area (Å²) in [4.78, 5) is 24.5. The van der Waals surface area contributed by atoms with Crippen LogP contribution in [0.3, 0.4) is 0 Å². The van der Waals surface area contributed by atoms with E-state index in [9.17, 15) is 9.59 Å². The number of halogens is 2. The van der Waals surface area contributed by atoms with E-state index in [1.54, 1.807) is 48.5 Å². The molecule has 0 radical (unpaired) electrons. The Kier molecular flexibility index (Phi) is 4.50. The molecule has 0 aromatic heterocycles. The van der Waals surface area contributed by atoms with Crippen LogP contribution in [0.25, 0.3) is 0 Å². The van der Waals surface area contributed by atoms with Crippen LogP contribution in [-0.4, -0.2) is 12.3 Å². The van der Waals surface area contributed by atoms with E-state index in [0.29, 0.717) is 17.7 Å². The van der Waals surface area contributed by atoms with E-state index in [1.807, 2.05) is 0 Å². The van der Waals surface area contributed by atoms with E-state index in [2.05, 4.69) is 31.9 Å². The summed E-state index contributed by atoms with van der Waals surface area (Å²) in [6.07, 6.45) is 0.521. The molecule has 0 aliphatic carbocycles. The highest BCUT2D eigenvalue weighted by Crippen LogP contribution is 2.20. The van der Waals surface area contributed by atoms with Gasteiger partial charge in [0, 0.05) is 14.5 Å². The standard InChI is InChI=1S/C14H9Br2NO2/c15-11-3-1-10(2-4-11)14(19)17(9-18)13-7-5-12(16)6-8-13/h1-9H. The van der Waals surface area contributed by atoms with Gasteiger partial charge in [0.05, 0.1) is 5.69 Å². The number of anilines is 1. The van der Waals surface area contributed by atoms with Gasteiger partial charge in [-0.3, -0.25) is 9.59 Å². The van der Waals surface area contributed by atoms with Crippen LogP contribution >= 0.6 is 31.9 Å². The normalized spacial score (nSPS) is 10.0. The van der Waals surface area contributed by atoms with Gasteiger partial charge in [0.15, 0.2) is 0 Å². The fraction of sp³-hybridized carbons (Fsp3) is 0. The molecule has 0 bridgehead atoms. The monoisotopic (exact) mass is 381 g/mol. The average Bonchev–Trinajstić information content (AvgIpc) is 2.42. The summed E-state index contributed by atoms with van der Waals surface area (Å²) < 4.78 is 1.77. The molecule has 2 aromatic rings. The molecule has 5 heteroatoms. The number of hydrogen-bond donors (Lipinski definition) is 0. The third-order valence-electron chi connectivity index (χ3n) is 2.52. The Morgan fingerprint density at radius 2 is 1.37 bits per heavy atom. The lowest BCUT2D eigenvalue weighted by molar-refractivity contribution is -0.106. The van der Waals surface area contributed by atoms with E-state index >= 15 is 0 Å². The fourth-order valence-electron chi connectivity index (χ4n) is 1.56. The summed E-state index contributed by atoms with van der Waals surface area (Å²) in [6, 6.07) is 13.8. The van der Waals surface area contributed by atoms with Gasteiger partial charge in [-0.1, -0.05) is 31.9 Å². The molecule has 0 spiro atoms. The minimum Gasteiger partial charge on any atom is -0.278 e. The van der Waals surface area contributed by atoms with Crippen molar-refractivity contribution in [2.24, 2.45) is 0 Å². The second-order valence-corrected chi connectivity index (χ2v) is 5.60. The van der Waals surface area contributed by atoms with Crippen molar-refractivity contribution in [3.63, 3.8) is 0 Å². The number of imide groups is 1. The van der Waals surface area contributed by atoms with Gasteiger partial charge >= 0.3 is 0 Å². The molecule has 0 aliphatic rings. The second-order valence-electron chi connectivity index (χ2n) is 3.76. The van der Waals surface area contributed by atoms with Crippen LogP contribution in [0.15, 0.2) is 57.5 Å². The van der Waals surface area contributed by atoms with Crippen molar-refractivity contribution in [3.8, 4) is 0 Å². The molecule has 19 heavy (non-hydrogen) atoms. The Hall–Kier alpha value is -1.46. The van der Waals surface area contributed by atoms with Crippen LogP contribution in [0.1, 0.15) is 10.4 Å². The van der Waals surface area contributed by atoms with Gasteiger partial charge in [0.2, 0.25) is 6.41 Å². The maximum Gasteiger partial charge on any atom is 0.264 e. The maximum atomic E-state index is 12.2. The van der Waals surface area contributed by atoms with Gasteiger partial charge in [0.1, 0.15) is 0 Å². The highest BCUT2D eigenvalue weighted by Gasteiger charge is 2.16. The van der Waals surface area contributed by atoms with Crippen molar-refractivity contribution in [2.45, 2.75) is 0 Å². The first kappa shape index (κ1) is 14.0. The first-order valence-electron chi connectivity index (χ1n) is 5.42. The predicted octanol–water partition coefficient (Wildman–Crippen LogP) is 4.01. The number of carbonyl (C=O) groups excluding carboxylic acids is 2. The van der Waals surface area contributed by atoms with Crippen molar-refractivity contribution in [3.05, 3.63) is 63.0 Å². The summed E-state index contributed by atoms with van der Waals surface area (Å²) in [5.74, 6) is -0.357. The largest absolute Gasteiger partial charge is 0.278 e. The topological polar surface area (TPSA) is 37.4 Å². The van der Waals surface area contributed by atoms with E-state index < -0.39 is 0 Å². The Morgan fingerprint density at radius 3 is 1.84 bits per heavy atom. The molecule has 0 saturated heterocycles. The lowest BCUT2D eigenvalue weighted by atomic mass is 10.2. The summed E-state index contributed by atoms with van der Waals surface area (Å²) in [7, 11) is 0. The molecule has 0 N–H and O–H groups in total. The lowest BCUT2D eigenvalue weighted by Crippen LogP contribution is -2.29. The van der Waals surface area contributed by atoms with Gasteiger partial charge in [-0.05, 0) is 48.5 Å². The van der Waals surface area contributed by atoms with Crippen LogP contribution in [0.4, 0.5) is 5.69 Å². The molecule has 2 amide bonds. The SMILES string of the molecule is O=CN(C(=O)c1ccc(Br)cc1)c1ccc(Br)cc1. The maximum absolute atomic E-state index is 12.2. The minimum absolute atomic E-state index is 0.357. The zero-order chi connectivity index (χ0) is 13.8. The van der Waals surface area contributed by atoms with Crippen molar-refractivity contribution in [2.75, 3.05) is 4.90 Å². The molecular weight excluding hydrogens is 374 g/mol. The molecule has 0 aliphatic heterocycles. The molecule has 96 valence electrons. The summed E-state index contributed by atoms with van der Waals surface area (Å²) in [5.41, 5.74) is 0.990. The van der Waals surface area contributed by atoms with E-state index in [-0.39, 0.29) is 5.91 Å². The first-order chi connectivity index (χ1) is 9.11. The van der Waals surface area contributed by atoms with Crippen molar-refractivity contribution < 1.29 is 9.59 Å². The van der Waals surface area contributed by atoms with Gasteiger partial charge in [0.25, 0.3) is 5.91 Å². The lowest BCUT2D eigenvalue weighted by Gasteiger charge is -2.15. The van der Waals surface area contributed by atoms with Crippen molar-refractivity contribution in [1.82, 2.24) is 0 Å². The first-order valence-corrected chi connectivity index (χ1v) is 7.00. The Morgan fingerprint density at radius 1 is 0.895 bits per heavy atom. The quantitative estimate of drug-likeness (QED) is 0.752. The van der Waals surface area contributed by atoms with Crippen LogP contribution in [0.2, 0.25) is 0 Å². The van der Waals surface area contributed by atoms with Crippen molar-refractivity contribution >= 4 is 49.9 Å². The summed E-state index contributed by atoms with van der Waals surface area (Å²) in [5, 5.41) is 0. The number of amides is 2. The van der Waals surface area contributed by atoms with E-state index in [4.69, 9.17) is 0 Å². The number of carbonyl (C=O) groups is 2. The average molecular weight is 383 g/mol. The number of rotatable bonds is 3. The Labute approximate surface area is 127 Å². The third-order valence-corrected chi connectivity index (χ3v) is 3.58. The molecular formula is C14H9Br2NO2. The third kappa shape index (κ3) is 3.30. The smallest absolute Gasteiger partial charge is 0.264 e. The molecule has 3 nitrogen and oxygen atoms in total. The van der Waals surface area contributed by atoms with Crippen LogP contribution in [0.5, 0.6) is 0 Å². The summed E-state index contributed by atoms with van der Waals surface area (Å²) in [6.45, 7) is 0. The van der Waals surface area contributed by atoms with Gasteiger partial charge in [-0.15, -0.1) is 0 Å². The van der Waals surface area contributed by atoms with Crippen LogP contribution < -0.4 is 4.90 Å². The molecule has 2 aromatic carbocycles. The molecule has 0 fully saturated rings. The molecule has 0 atom stereocenters. The molecule has 0 unspecified atom stereocenters. The van der Waals surface area contributed by atoms with E-state index in [1.165, 1.54) is 0 Å². The number of nitrogens with zero attached hydrogens (tertiary/aromatic N) is 1. The fourth-order valence-corrected chi connectivity index (χ4v) is 2.09. The van der Waals surface area contributed by atoms with Crippen LogP contribution in [0, 0.1) is 0 Å². The Balaban J connectivity index is 2.31. The van der Waals surface area contributed by atoms with E-state index in [0.717, 1.165) is 13.8 Å². The van der Waals surface area contributed by atoms with Gasteiger partial charge in [-0.25, -0.2) is 4.90 Å². The van der Waals surface area contributed by atoms with Crippen LogP contribution in [-0.2, 0) is 4.79 Å². The highest BCUT2D eigenvalue weighted by atomic mass is 79.9. The second kappa shape index (κ2) is 6.12. The number of benzene rings is 2. The highest BCUT2D eigenvalue weighted by molar-refractivity contribution is 9.10. The minimum atomic E-state index is -0.357. The van der Waals surface area contributed by atoms with Gasteiger partial charge < -0.3 is 0 Å². The zero-order valence-corrected chi connectivity index (χ0v) is 12.9. The summed E-state index contributed by atoms with van der Waals surface area (Å²) >= 11 is 6.61. The zero-order valence-electron chi connectivity index (χ0n) is 9.72. The van der Waals surface area contributed by atoms with Crippen molar-refractivity contribution in [1.29, 1.82) is 0 Å².